The molecule has 28 heavy (non-hydrogen) atoms. The number of thioether (sulfide) groups is 1. The van der Waals surface area contributed by atoms with Gasteiger partial charge in [-0.25, -0.2) is 9.97 Å². The van der Waals surface area contributed by atoms with Gasteiger partial charge in [-0.15, -0.1) is 11.3 Å². The number of aromatic nitrogens is 3. The second-order valence-electron chi connectivity index (χ2n) is 6.37. The molecule has 0 bridgehead atoms. The van der Waals surface area contributed by atoms with Crippen LogP contribution in [-0.4, -0.2) is 26.1 Å². The van der Waals surface area contributed by atoms with E-state index >= 15 is 0 Å². The Hall–Kier alpha value is -2.50. The number of aryl methyl sites for hydroxylation is 1. The van der Waals surface area contributed by atoms with E-state index in [1.807, 2.05) is 24.4 Å². The highest BCUT2D eigenvalue weighted by Gasteiger charge is 2.24. The molecule has 0 N–H and O–H groups in total. The van der Waals surface area contributed by atoms with Gasteiger partial charge in [-0.05, 0) is 25.5 Å². The summed E-state index contributed by atoms with van der Waals surface area (Å²) < 4.78 is 1.64. The quantitative estimate of drug-likeness (QED) is 0.411. The van der Waals surface area contributed by atoms with Gasteiger partial charge in [-0.1, -0.05) is 37.2 Å². The third kappa shape index (κ3) is 4.32. The van der Waals surface area contributed by atoms with Crippen molar-refractivity contribution in [1.82, 2.24) is 14.5 Å². The van der Waals surface area contributed by atoms with Crippen molar-refractivity contribution < 1.29 is 4.79 Å². The molecule has 0 aliphatic carbocycles. The Bertz CT molecular complexity index is 1100. The van der Waals surface area contributed by atoms with Crippen molar-refractivity contribution in [3.05, 3.63) is 50.7 Å². The van der Waals surface area contributed by atoms with Crippen molar-refractivity contribution in [3.63, 3.8) is 0 Å². The Labute approximate surface area is 171 Å². The number of fused-ring (bicyclic) bond motifs is 1. The molecule has 2 aromatic heterocycles. The molecule has 1 aromatic carbocycles. The third-order valence-electron chi connectivity index (χ3n) is 4.24. The maximum absolute atomic E-state index is 12.9. The van der Waals surface area contributed by atoms with Crippen LogP contribution < -0.4 is 5.56 Å². The number of nitrogens with zero attached hydrogens (tertiary/aromatic N) is 4. The first-order chi connectivity index (χ1) is 13.5. The molecule has 6 nitrogen and oxygen atoms in total. The zero-order chi connectivity index (χ0) is 20.1. The molecule has 2 heterocycles. The molecule has 0 saturated carbocycles. The molecule has 0 amide bonds. The predicted molar refractivity (Wildman–Crippen MR) is 112 cm³/mol. The minimum atomic E-state index is -0.887. The summed E-state index contributed by atoms with van der Waals surface area (Å²) in [4.78, 5) is 34.4. The number of Topliss-reactive ketones (excluding diaryl/α,β-unsaturated/α-hetero) is 1. The standard InChI is InChI=1S/C20H20N4O2S2/c1-3-4-9-24-19(26)14-7-5-6-8-16(14)23-20(24)28-12-17(25)15(10-21)18-22-13(2)11-27-18/h5-8,11,15H,3-4,9,12H2,1-2H3. The summed E-state index contributed by atoms with van der Waals surface area (Å²) in [6, 6.07) is 9.27. The molecule has 0 saturated heterocycles. The number of ketones is 1. The van der Waals surface area contributed by atoms with Gasteiger partial charge in [0.15, 0.2) is 16.9 Å². The highest BCUT2D eigenvalue weighted by atomic mass is 32.2. The molecule has 1 unspecified atom stereocenters. The number of benzene rings is 1. The van der Waals surface area contributed by atoms with Crippen molar-refractivity contribution in [1.29, 1.82) is 5.26 Å². The third-order valence-corrected chi connectivity index (χ3v) is 6.27. The van der Waals surface area contributed by atoms with Gasteiger partial charge in [0.05, 0.1) is 22.7 Å². The molecule has 3 aromatic rings. The first-order valence-corrected chi connectivity index (χ1v) is 10.9. The Morgan fingerprint density at radius 2 is 2.14 bits per heavy atom. The summed E-state index contributed by atoms with van der Waals surface area (Å²) in [5.74, 6) is -1.05. The van der Waals surface area contributed by atoms with Crippen LogP contribution >= 0.6 is 23.1 Å². The molecule has 0 fully saturated rings. The summed E-state index contributed by atoms with van der Waals surface area (Å²) >= 11 is 2.52. The van der Waals surface area contributed by atoms with Crippen molar-refractivity contribution >= 4 is 39.8 Å². The van der Waals surface area contributed by atoms with E-state index in [0.29, 0.717) is 27.6 Å². The summed E-state index contributed by atoms with van der Waals surface area (Å²) in [7, 11) is 0. The molecular formula is C20H20N4O2S2. The van der Waals surface area contributed by atoms with Crippen LogP contribution in [-0.2, 0) is 11.3 Å². The van der Waals surface area contributed by atoms with Gasteiger partial charge in [0.25, 0.3) is 5.56 Å². The van der Waals surface area contributed by atoms with E-state index in [1.165, 1.54) is 23.1 Å². The minimum Gasteiger partial charge on any atom is -0.297 e. The Kier molecular flexibility index (Phi) is 6.60. The Morgan fingerprint density at radius 1 is 1.36 bits per heavy atom. The van der Waals surface area contributed by atoms with E-state index in [4.69, 9.17) is 0 Å². The Balaban J connectivity index is 1.87. The number of hydrogen-bond acceptors (Lipinski definition) is 7. The van der Waals surface area contributed by atoms with Crippen molar-refractivity contribution in [3.8, 4) is 6.07 Å². The van der Waals surface area contributed by atoms with Gasteiger partial charge in [0.1, 0.15) is 5.01 Å². The Morgan fingerprint density at radius 3 is 2.82 bits per heavy atom. The van der Waals surface area contributed by atoms with E-state index in [9.17, 15) is 14.9 Å². The topological polar surface area (TPSA) is 88.6 Å². The van der Waals surface area contributed by atoms with E-state index in [0.717, 1.165) is 18.5 Å². The number of carbonyl (C=O) groups excluding carboxylic acids is 1. The number of carbonyl (C=O) groups is 1. The van der Waals surface area contributed by atoms with Gasteiger partial charge in [-0.2, -0.15) is 5.26 Å². The van der Waals surface area contributed by atoms with Crippen LogP contribution in [0.25, 0.3) is 10.9 Å². The van der Waals surface area contributed by atoms with Crippen LogP contribution in [0.5, 0.6) is 0 Å². The van der Waals surface area contributed by atoms with E-state index < -0.39 is 5.92 Å². The number of rotatable bonds is 8. The lowest BCUT2D eigenvalue weighted by molar-refractivity contribution is -0.116. The second kappa shape index (κ2) is 9.13. The molecule has 1 atom stereocenters. The highest BCUT2D eigenvalue weighted by Crippen LogP contribution is 2.25. The van der Waals surface area contributed by atoms with Gasteiger partial charge in [0.2, 0.25) is 0 Å². The second-order valence-corrected chi connectivity index (χ2v) is 8.20. The zero-order valence-corrected chi connectivity index (χ0v) is 17.3. The average Bonchev–Trinajstić information content (AvgIpc) is 3.12. The van der Waals surface area contributed by atoms with Crippen LogP contribution in [0.15, 0.2) is 39.6 Å². The fraction of sp³-hybridized carbons (Fsp3) is 0.350. The first kappa shape index (κ1) is 20.2. The number of para-hydroxylation sites is 1. The average molecular weight is 413 g/mol. The van der Waals surface area contributed by atoms with Gasteiger partial charge >= 0.3 is 0 Å². The lowest BCUT2D eigenvalue weighted by atomic mass is 10.1. The highest BCUT2D eigenvalue weighted by molar-refractivity contribution is 7.99. The maximum atomic E-state index is 12.9. The summed E-state index contributed by atoms with van der Waals surface area (Å²) in [5, 5.41) is 12.9. The van der Waals surface area contributed by atoms with Crippen LogP contribution in [0.3, 0.4) is 0 Å². The monoisotopic (exact) mass is 412 g/mol. The lowest BCUT2D eigenvalue weighted by Gasteiger charge is -2.13. The molecule has 0 aliphatic heterocycles. The molecule has 0 aliphatic rings. The van der Waals surface area contributed by atoms with Gasteiger partial charge < -0.3 is 0 Å². The number of hydrogen-bond donors (Lipinski definition) is 0. The van der Waals surface area contributed by atoms with E-state index in [-0.39, 0.29) is 17.1 Å². The number of thiazole rings is 1. The smallest absolute Gasteiger partial charge is 0.262 e. The van der Waals surface area contributed by atoms with Gasteiger partial charge in [0, 0.05) is 17.6 Å². The van der Waals surface area contributed by atoms with Crippen molar-refractivity contribution in [2.24, 2.45) is 0 Å². The summed E-state index contributed by atoms with van der Waals surface area (Å²) in [6.07, 6.45) is 1.79. The van der Waals surface area contributed by atoms with Crippen LogP contribution in [0.2, 0.25) is 0 Å². The van der Waals surface area contributed by atoms with Crippen molar-refractivity contribution in [2.75, 3.05) is 5.75 Å². The molecule has 8 heteroatoms. The fourth-order valence-corrected chi connectivity index (χ4v) is 4.55. The summed E-state index contributed by atoms with van der Waals surface area (Å²) in [6.45, 7) is 4.44. The first-order valence-electron chi connectivity index (χ1n) is 9.02. The fourth-order valence-electron chi connectivity index (χ4n) is 2.76. The van der Waals surface area contributed by atoms with E-state index in [2.05, 4.69) is 23.0 Å². The largest absolute Gasteiger partial charge is 0.297 e. The normalized spacial score (nSPS) is 12.0. The molecular weight excluding hydrogens is 392 g/mol. The van der Waals surface area contributed by atoms with E-state index in [1.54, 1.807) is 16.7 Å². The zero-order valence-electron chi connectivity index (χ0n) is 15.7. The maximum Gasteiger partial charge on any atom is 0.262 e. The molecule has 3 rings (SSSR count). The van der Waals surface area contributed by atoms with Gasteiger partial charge in [-0.3, -0.25) is 14.2 Å². The molecule has 144 valence electrons. The van der Waals surface area contributed by atoms with Crippen molar-refractivity contribution in [2.45, 2.75) is 44.3 Å². The molecule has 0 radical (unpaired) electrons. The summed E-state index contributed by atoms with van der Waals surface area (Å²) in [5.41, 5.74) is 1.31. The SMILES string of the molecule is CCCCn1c(SCC(=O)C(C#N)c2nc(C)cs2)nc2ccccc2c1=O. The van der Waals surface area contributed by atoms with Crippen LogP contribution in [0.4, 0.5) is 0 Å². The number of unbranched alkanes of at least 4 members (excludes halogenated alkanes) is 1. The predicted octanol–water partition coefficient (Wildman–Crippen LogP) is 3.93. The van der Waals surface area contributed by atoms with Crippen LogP contribution in [0, 0.1) is 18.3 Å². The molecule has 0 spiro atoms. The number of nitriles is 1. The minimum absolute atomic E-state index is 0.0633. The van der Waals surface area contributed by atoms with Crippen LogP contribution in [0.1, 0.15) is 36.4 Å². The lowest BCUT2D eigenvalue weighted by Crippen LogP contribution is -2.24.